The summed E-state index contributed by atoms with van der Waals surface area (Å²) in [5.41, 5.74) is 5.99. The summed E-state index contributed by atoms with van der Waals surface area (Å²) in [6.07, 6.45) is 8.91. The Morgan fingerprint density at radius 3 is 2.61 bits per heavy atom. The third kappa shape index (κ3) is 4.44. The zero-order valence-corrected chi connectivity index (χ0v) is 20.9. The van der Waals surface area contributed by atoms with Crippen LogP contribution in [-0.2, 0) is 16.4 Å². The zero-order valence-electron chi connectivity index (χ0n) is 20.1. The second-order valence-corrected chi connectivity index (χ2v) is 11.8. The number of fused-ring (bicyclic) bond motifs is 2. The van der Waals surface area contributed by atoms with Gasteiger partial charge < -0.3 is 10.2 Å². The fraction of sp³-hybridized carbons (Fsp3) is 0.250. The SMILES string of the molecule is Cc1ccc(Nc2ncnc3c2C=CN(C2CCS(=O)(=O)CC2)C3)cc1-c1cc2ccccc2cn1. The number of aromatic nitrogens is 3. The number of benzene rings is 2. The monoisotopic (exact) mass is 497 g/mol. The summed E-state index contributed by atoms with van der Waals surface area (Å²) in [6.45, 7) is 2.74. The fourth-order valence-corrected chi connectivity index (χ4v) is 6.50. The molecule has 4 aromatic rings. The van der Waals surface area contributed by atoms with Crippen LogP contribution < -0.4 is 5.32 Å². The second kappa shape index (κ2) is 9.02. The van der Waals surface area contributed by atoms with Gasteiger partial charge in [0, 0.05) is 40.6 Å². The summed E-state index contributed by atoms with van der Waals surface area (Å²) < 4.78 is 23.6. The van der Waals surface area contributed by atoms with E-state index in [-0.39, 0.29) is 17.5 Å². The first-order chi connectivity index (χ1) is 17.4. The first-order valence-electron chi connectivity index (χ1n) is 12.2. The number of nitrogens with one attached hydrogen (secondary N) is 1. The van der Waals surface area contributed by atoms with Gasteiger partial charge in [-0.2, -0.15) is 0 Å². The molecule has 182 valence electrons. The third-order valence-corrected chi connectivity index (χ3v) is 8.85. The first kappa shape index (κ1) is 22.7. The van der Waals surface area contributed by atoms with Crippen LogP contribution in [0.1, 0.15) is 29.7 Å². The van der Waals surface area contributed by atoms with Crippen LogP contribution in [0.15, 0.2) is 67.3 Å². The number of hydrogen-bond donors (Lipinski definition) is 1. The molecule has 2 aromatic heterocycles. The Morgan fingerprint density at radius 2 is 1.78 bits per heavy atom. The molecule has 4 heterocycles. The predicted octanol–water partition coefficient (Wildman–Crippen LogP) is 5.11. The lowest BCUT2D eigenvalue weighted by Crippen LogP contribution is -2.39. The molecule has 8 heteroatoms. The molecule has 7 nitrogen and oxygen atoms in total. The normalized spacial score (nSPS) is 17.2. The van der Waals surface area contributed by atoms with E-state index in [2.05, 4.69) is 69.7 Å². The van der Waals surface area contributed by atoms with Crippen molar-refractivity contribution in [2.75, 3.05) is 16.8 Å². The minimum Gasteiger partial charge on any atom is -0.368 e. The van der Waals surface area contributed by atoms with Gasteiger partial charge in [0.15, 0.2) is 0 Å². The Morgan fingerprint density at radius 1 is 0.972 bits per heavy atom. The van der Waals surface area contributed by atoms with E-state index in [4.69, 9.17) is 4.98 Å². The molecule has 1 N–H and O–H groups in total. The summed E-state index contributed by atoms with van der Waals surface area (Å²) >= 11 is 0. The van der Waals surface area contributed by atoms with E-state index in [0.717, 1.165) is 50.4 Å². The molecule has 1 saturated heterocycles. The molecule has 2 aliphatic rings. The summed E-state index contributed by atoms with van der Waals surface area (Å²) in [5.74, 6) is 1.27. The van der Waals surface area contributed by atoms with Crippen LogP contribution in [0, 0.1) is 6.92 Å². The first-order valence-corrected chi connectivity index (χ1v) is 14.0. The number of pyridine rings is 1. The maximum absolute atomic E-state index is 11.8. The van der Waals surface area contributed by atoms with E-state index in [1.54, 1.807) is 6.33 Å². The molecule has 2 aliphatic heterocycles. The standard InChI is InChI=1S/C28H27N5O2S/c1-19-6-7-22(15-25(19)26-14-20-4-2-3-5-21(20)16-29-26)32-28-24-8-11-33(17-27(24)30-18-31-28)23-9-12-36(34,35)13-10-23/h2-8,11,14-16,18,23H,9-10,12-13,17H2,1H3,(H,30,31,32). The largest absolute Gasteiger partial charge is 0.368 e. The molecule has 0 saturated carbocycles. The molecule has 1 fully saturated rings. The van der Waals surface area contributed by atoms with Crippen LogP contribution in [0.2, 0.25) is 0 Å². The van der Waals surface area contributed by atoms with Gasteiger partial charge in [-0.1, -0.05) is 30.3 Å². The molecule has 0 amide bonds. The molecular formula is C28H27N5O2S. The van der Waals surface area contributed by atoms with Gasteiger partial charge in [0.2, 0.25) is 0 Å². The average Bonchev–Trinajstić information content (AvgIpc) is 2.89. The maximum Gasteiger partial charge on any atom is 0.150 e. The van der Waals surface area contributed by atoms with Crippen molar-refractivity contribution in [2.24, 2.45) is 0 Å². The Hall–Kier alpha value is -3.78. The molecule has 2 aromatic carbocycles. The van der Waals surface area contributed by atoms with Gasteiger partial charge in [-0.15, -0.1) is 0 Å². The summed E-state index contributed by atoms with van der Waals surface area (Å²) in [6, 6.07) is 16.8. The lowest BCUT2D eigenvalue weighted by Gasteiger charge is -2.35. The molecule has 0 bridgehead atoms. The Bertz CT molecular complexity index is 1590. The van der Waals surface area contributed by atoms with E-state index < -0.39 is 9.84 Å². The van der Waals surface area contributed by atoms with E-state index in [0.29, 0.717) is 19.4 Å². The van der Waals surface area contributed by atoms with Crippen molar-refractivity contribution >= 4 is 38.2 Å². The molecule has 0 atom stereocenters. The third-order valence-electron chi connectivity index (χ3n) is 7.13. The van der Waals surface area contributed by atoms with Crippen molar-refractivity contribution in [2.45, 2.75) is 32.4 Å². The summed E-state index contributed by atoms with van der Waals surface area (Å²) in [7, 11) is -2.88. The minimum absolute atomic E-state index is 0.221. The molecule has 6 rings (SSSR count). The molecule has 0 spiro atoms. The zero-order chi connectivity index (χ0) is 24.7. The number of rotatable bonds is 4. The van der Waals surface area contributed by atoms with Crippen molar-refractivity contribution in [3.8, 4) is 11.3 Å². The highest BCUT2D eigenvalue weighted by molar-refractivity contribution is 7.91. The Balaban J connectivity index is 1.26. The topological polar surface area (TPSA) is 88.1 Å². The smallest absolute Gasteiger partial charge is 0.150 e. The number of aryl methyl sites for hydroxylation is 1. The number of sulfone groups is 1. The Kier molecular flexibility index (Phi) is 5.68. The molecule has 0 unspecified atom stereocenters. The van der Waals surface area contributed by atoms with Crippen molar-refractivity contribution in [1.29, 1.82) is 0 Å². The average molecular weight is 498 g/mol. The van der Waals surface area contributed by atoms with E-state index in [1.807, 2.05) is 24.4 Å². The van der Waals surface area contributed by atoms with Crippen molar-refractivity contribution in [3.05, 3.63) is 84.1 Å². The summed E-state index contributed by atoms with van der Waals surface area (Å²) in [5, 5.41) is 5.77. The van der Waals surface area contributed by atoms with Crippen molar-refractivity contribution in [1.82, 2.24) is 19.9 Å². The minimum atomic E-state index is -2.88. The highest BCUT2D eigenvalue weighted by Crippen LogP contribution is 2.32. The molecular weight excluding hydrogens is 470 g/mol. The number of nitrogens with zero attached hydrogens (tertiary/aromatic N) is 4. The van der Waals surface area contributed by atoms with Gasteiger partial charge in [-0.3, -0.25) is 4.98 Å². The van der Waals surface area contributed by atoms with Crippen LogP contribution in [0.3, 0.4) is 0 Å². The van der Waals surface area contributed by atoms with Gasteiger partial charge in [0.25, 0.3) is 0 Å². The van der Waals surface area contributed by atoms with Crippen LogP contribution in [0.25, 0.3) is 28.1 Å². The lowest BCUT2D eigenvalue weighted by molar-refractivity contribution is 0.246. The van der Waals surface area contributed by atoms with Gasteiger partial charge in [-0.25, -0.2) is 18.4 Å². The predicted molar refractivity (Wildman–Crippen MR) is 143 cm³/mol. The van der Waals surface area contributed by atoms with Gasteiger partial charge in [-0.05, 0) is 55.0 Å². The second-order valence-electron chi connectivity index (χ2n) is 9.53. The molecule has 36 heavy (non-hydrogen) atoms. The lowest BCUT2D eigenvalue weighted by atomic mass is 10.0. The number of anilines is 2. The van der Waals surface area contributed by atoms with Gasteiger partial charge in [0.1, 0.15) is 22.0 Å². The number of hydrogen-bond acceptors (Lipinski definition) is 7. The van der Waals surface area contributed by atoms with E-state index in [9.17, 15) is 8.42 Å². The van der Waals surface area contributed by atoms with Gasteiger partial charge >= 0.3 is 0 Å². The molecule has 0 radical (unpaired) electrons. The maximum atomic E-state index is 11.8. The van der Waals surface area contributed by atoms with Crippen LogP contribution in [0.5, 0.6) is 0 Å². The highest BCUT2D eigenvalue weighted by Gasteiger charge is 2.29. The van der Waals surface area contributed by atoms with Crippen LogP contribution in [-0.4, -0.2) is 45.8 Å². The highest BCUT2D eigenvalue weighted by atomic mass is 32.2. The van der Waals surface area contributed by atoms with Crippen molar-refractivity contribution < 1.29 is 8.42 Å². The molecule has 0 aliphatic carbocycles. The summed E-state index contributed by atoms with van der Waals surface area (Å²) in [4.78, 5) is 16.0. The fourth-order valence-electron chi connectivity index (χ4n) is 5.03. The van der Waals surface area contributed by atoms with Crippen LogP contribution in [0.4, 0.5) is 11.5 Å². The quantitative estimate of drug-likeness (QED) is 0.419. The Labute approximate surface area is 210 Å². The van der Waals surface area contributed by atoms with Crippen molar-refractivity contribution in [3.63, 3.8) is 0 Å². The van der Waals surface area contributed by atoms with Crippen LogP contribution >= 0.6 is 0 Å². The van der Waals surface area contributed by atoms with E-state index >= 15 is 0 Å². The van der Waals surface area contributed by atoms with E-state index in [1.165, 1.54) is 0 Å². The van der Waals surface area contributed by atoms with Gasteiger partial charge in [0.05, 0.1) is 29.4 Å².